The van der Waals surface area contributed by atoms with Gasteiger partial charge in [0.2, 0.25) is 5.91 Å². The van der Waals surface area contributed by atoms with Crippen molar-refractivity contribution in [3.05, 3.63) is 41.7 Å². The van der Waals surface area contributed by atoms with Crippen molar-refractivity contribution in [2.24, 2.45) is 17.4 Å². The van der Waals surface area contributed by atoms with Crippen LogP contribution in [-0.4, -0.2) is 27.8 Å². The van der Waals surface area contributed by atoms with E-state index in [0.29, 0.717) is 5.82 Å². The molecule has 6 N–H and O–H groups in total. The molecule has 132 valence electrons. The highest BCUT2D eigenvalue weighted by atomic mass is 16.1. The maximum absolute atomic E-state index is 11.6. The maximum Gasteiger partial charge on any atom is 0.271 e. The number of amides is 2. The molecule has 1 unspecified atom stereocenters. The number of aryl methyl sites for hydroxylation is 1. The summed E-state index contributed by atoms with van der Waals surface area (Å²) < 4.78 is 0. The minimum atomic E-state index is -0.705. The Morgan fingerprint density at radius 3 is 2.28 bits per heavy atom. The van der Waals surface area contributed by atoms with Crippen LogP contribution in [0.15, 0.2) is 30.5 Å². The Morgan fingerprint density at radius 1 is 1.12 bits per heavy atom. The summed E-state index contributed by atoms with van der Waals surface area (Å²) in [6.07, 6.45) is 1.35. The van der Waals surface area contributed by atoms with Crippen molar-refractivity contribution in [2.45, 2.75) is 26.8 Å². The molecule has 0 radical (unpaired) electrons. The predicted octanol–water partition coefficient (Wildman–Crippen LogP) is 1.55. The number of carbonyl (C=O) groups excluding carboxylic acids is 2. The molecule has 25 heavy (non-hydrogen) atoms. The first-order valence-corrected chi connectivity index (χ1v) is 7.84. The van der Waals surface area contributed by atoms with E-state index in [2.05, 4.69) is 20.6 Å². The summed E-state index contributed by atoms with van der Waals surface area (Å²) in [6, 6.07) is 6.93. The average molecular weight is 342 g/mol. The molecule has 0 aliphatic carbocycles. The fourth-order valence-corrected chi connectivity index (χ4v) is 2.23. The lowest BCUT2D eigenvalue weighted by Crippen LogP contribution is -2.39. The van der Waals surface area contributed by atoms with Gasteiger partial charge < -0.3 is 22.1 Å². The fourth-order valence-electron chi connectivity index (χ4n) is 2.23. The Morgan fingerprint density at radius 2 is 1.76 bits per heavy atom. The number of nitrogens with one attached hydrogen (secondary N) is 2. The molecule has 2 rings (SSSR count). The molecule has 2 amide bonds. The molecule has 0 fully saturated rings. The minimum absolute atomic E-state index is 0.00583. The van der Waals surface area contributed by atoms with Gasteiger partial charge in [0.25, 0.3) is 5.91 Å². The van der Waals surface area contributed by atoms with Crippen LogP contribution < -0.4 is 22.1 Å². The summed E-state index contributed by atoms with van der Waals surface area (Å²) >= 11 is 0. The number of primary amides is 2. The van der Waals surface area contributed by atoms with Crippen molar-refractivity contribution in [3.8, 4) is 0 Å². The van der Waals surface area contributed by atoms with Gasteiger partial charge in [-0.05, 0) is 25.0 Å². The highest BCUT2D eigenvalue weighted by Crippen LogP contribution is 2.20. The molecule has 0 aliphatic rings. The van der Waals surface area contributed by atoms with Crippen LogP contribution in [0.1, 0.15) is 29.9 Å². The summed E-state index contributed by atoms with van der Waals surface area (Å²) in [5.41, 5.74) is 12.6. The van der Waals surface area contributed by atoms with Crippen molar-refractivity contribution >= 4 is 29.1 Å². The van der Waals surface area contributed by atoms with Crippen LogP contribution in [0.5, 0.6) is 0 Å². The molecule has 0 saturated carbocycles. The summed E-state index contributed by atoms with van der Waals surface area (Å²) in [6.45, 7) is 5.69. The van der Waals surface area contributed by atoms with Crippen LogP contribution in [0.25, 0.3) is 0 Å². The van der Waals surface area contributed by atoms with Gasteiger partial charge in [0.15, 0.2) is 11.5 Å². The predicted molar refractivity (Wildman–Crippen MR) is 96.5 cm³/mol. The van der Waals surface area contributed by atoms with Crippen LogP contribution >= 0.6 is 0 Å². The SMILES string of the molecule is Cc1ccc(Nc2nc(NC(C(N)=O)C(C)C)cnc2C(N)=O)cc1. The minimum Gasteiger partial charge on any atom is -0.368 e. The van der Waals surface area contributed by atoms with Gasteiger partial charge in [-0.1, -0.05) is 31.5 Å². The van der Waals surface area contributed by atoms with Crippen LogP contribution in [0.3, 0.4) is 0 Å². The zero-order valence-corrected chi connectivity index (χ0v) is 14.4. The molecule has 1 atom stereocenters. The van der Waals surface area contributed by atoms with Gasteiger partial charge in [-0.15, -0.1) is 0 Å². The first-order valence-electron chi connectivity index (χ1n) is 7.84. The standard InChI is InChI=1S/C17H22N6O2/c1-9(2)13(15(18)24)22-12-8-20-14(16(19)25)17(23-12)21-11-6-4-10(3)5-7-11/h4-9,13H,1-3H3,(H2,18,24)(H2,19,25)(H2,21,22,23). The zero-order valence-electron chi connectivity index (χ0n) is 14.4. The highest BCUT2D eigenvalue weighted by molar-refractivity contribution is 5.96. The molecule has 0 bridgehead atoms. The summed E-state index contributed by atoms with van der Waals surface area (Å²) in [5.74, 6) is -0.721. The number of rotatable bonds is 7. The average Bonchev–Trinajstić information content (AvgIpc) is 2.54. The van der Waals surface area contributed by atoms with Gasteiger partial charge in [0.05, 0.1) is 6.20 Å². The highest BCUT2D eigenvalue weighted by Gasteiger charge is 2.21. The summed E-state index contributed by atoms with van der Waals surface area (Å²) in [7, 11) is 0. The van der Waals surface area contributed by atoms with Gasteiger partial charge in [-0.25, -0.2) is 9.97 Å². The Labute approximate surface area is 146 Å². The van der Waals surface area contributed by atoms with Crippen LogP contribution in [0.2, 0.25) is 0 Å². The quantitative estimate of drug-likeness (QED) is 0.602. The second-order valence-corrected chi connectivity index (χ2v) is 6.08. The smallest absolute Gasteiger partial charge is 0.271 e. The van der Waals surface area contributed by atoms with Crippen LogP contribution in [0, 0.1) is 12.8 Å². The van der Waals surface area contributed by atoms with Crippen LogP contribution in [0.4, 0.5) is 17.3 Å². The molecule has 8 heteroatoms. The van der Waals surface area contributed by atoms with Crippen molar-refractivity contribution in [3.63, 3.8) is 0 Å². The fraction of sp³-hybridized carbons (Fsp3) is 0.294. The third kappa shape index (κ3) is 4.66. The van der Waals surface area contributed by atoms with Gasteiger partial charge >= 0.3 is 0 Å². The zero-order chi connectivity index (χ0) is 18.6. The molecular weight excluding hydrogens is 320 g/mol. The van der Waals surface area contributed by atoms with Crippen molar-refractivity contribution in [1.82, 2.24) is 9.97 Å². The molecule has 0 aliphatic heterocycles. The van der Waals surface area contributed by atoms with Gasteiger partial charge in [0, 0.05) is 5.69 Å². The third-order valence-electron chi connectivity index (χ3n) is 3.60. The van der Waals surface area contributed by atoms with Crippen molar-refractivity contribution in [2.75, 3.05) is 10.6 Å². The largest absolute Gasteiger partial charge is 0.368 e. The number of hydrogen-bond donors (Lipinski definition) is 4. The van der Waals surface area contributed by atoms with Gasteiger partial charge in [-0.2, -0.15) is 0 Å². The molecule has 0 spiro atoms. The Hall–Kier alpha value is -3.16. The lowest BCUT2D eigenvalue weighted by Gasteiger charge is -2.20. The molecular formula is C17H22N6O2. The van der Waals surface area contributed by atoms with E-state index in [-0.39, 0.29) is 17.4 Å². The monoisotopic (exact) mass is 342 g/mol. The third-order valence-corrected chi connectivity index (χ3v) is 3.60. The normalized spacial score (nSPS) is 11.8. The first kappa shape index (κ1) is 18.2. The Kier molecular flexibility index (Phi) is 5.53. The van der Waals surface area contributed by atoms with E-state index >= 15 is 0 Å². The van der Waals surface area contributed by atoms with E-state index in [1.165, 1.54) is 6.20 Å². The lowest BCUT2D eigenvalue weighted by molar-refractivity contribution is -0.119. The number of hydrogen-bond acceptors (Lipinski definition) is 6. The number of aromatic nitrogens is 2. The summed E-state index contributed by atoms with van der Waals surface area (Å²) in [4.78, 5) is 31.5. The summed E-state index contributed by atoms with van der Waals surface area (Å²) in [5, 5.41) is 5.96. The second-order valence-electron chi connectivity index (χ2n) is 6.08. The van der Waals surface area contributed by atoms with E-state index < -0.39 is 17.9 Å². The number of nitrogens with two attached hydrogens (primary N) is 2. The molecule has 8 nitrogen and oxygen atoms in total. The molecule has 1 heterocycles. The topological polar surface area (TPSA) is 136 Å². The van der Waals surface area contributed by atoms with E-state index in [4.69, 9.17) is 11.5 Å². The van der Waals surface area contributed by atoms with Gasteiger partial charge in [0.1, 0.15) is 11.9 Å². The molecule has 1 aromatic carbocycles. The molecule has 0 saturated heterocycles. The lowest BCUT2D eigenvalue weighted by atomic mass is 10.0. The van der Waals surface area contributed by atoms with Crippen molar-refractivity contribution in [1.29, 1.82) is 0 Å². The maximum atomic E-state index is 11.6. The van der Waals surface area contributed by atoms with E-state index in [1.807, 2.05) is 45.0 Å². The number of nitrogens with zero attached hydrogens (tertiary/aromatic N) is 2. The van der Waals surface area contributed by atoms with E-state index in [0.717, 1.165) is 11.3 Å². The van der Waals surface area contributed by atoms with E-state index in [9.17, 15) is 9.59 Å². The number of benzene rings is 1. The Bertz CT molecular complexity index is 773. The second kappa shape index (κ2) is 7.61. The first-order chi connectivity index (χ1) is 11.8. The van der Waals surface area contributed by atoms with E-state index in [1.54, 1.807) is 0 Å². The number of anilines is 3. The molecule has 1 aromatic heterocycles. The van der Waals surface area contributed by atoms with Crippen molar-refractivity contribution < 1.29 is 9.59 Å². The van der Waals surface area contributed by atoms with Gasteiger partial charge in [-0.3, -0.25) is 9.59 Å². The molecule has 2 aromatic rings. The number of carbonyl (C=O) groups is 2. The Balaban J connectivity index is 2.34. The van der Waals surface area contributed by atoms with Crippen LogP contribution in [-0.2, 0) is 4.79 Å².